The van der Waals surface area contributed by atoms with Crippen molar-refractivity contribution in [3.05, 3.63) is 40.5 Å². The maximum absolute atomic E-state index is 9.81. The lowest BCUT2D eigenvalue weighted by molar-refractivity contribution is 0.106. The number of rotatable bonds is 8. The zero-order chi connectivity index (χ0) is 15.1. The van der Waals surface area contributed by atoms with Gasteiger partial charge in [-0.25, -0.2) is 0 Å². The van der Waals surface area contributed by atoms with Crippen LogP contribution >= 0.6 is 23.2 Å². The zero-order valence-corrected chi connectivity index (χ0v) is 12.6. The Balaban J connectivity index is 1.64. The molecule has 1 unspecified atom stereocenters. The summed E-state index contributed by atoms with van der Waals surface area (Å²) in [5, 5.41) is 17.5. The van der Waals surface area contributed by atoms with Crippen molar-refractivity contribution >= 4 is 23.2 Å². The van der Waals surface area contributed by atoms with Crippen molar-refractivity contribution in [1.29, 1.82) is 0 Å². The molecule has 2 N–H and O–H groups in total. The minimum absolute atomic E-state index is 0.135. The van der Waals surface area contributed by atoms with Gasteiger partial charge in [0.05, 0.1) is 5.02 Å². The molecule has 0 saturated carbocycles. The average molecular weight is 332 g/mol. The van der Waals surface area contributed by atoms with Crippen molar-refractivity contribution in [2.75, 3.05) is 19.7 Å². The minimum atomic E-state index is -0.651. The fourth-order valence-corrected chi connectivity index (χ4v) is 2.07. The van der Waals surface area contributed by atoms with Crippen molar-refractivity contribution < 1.29 is 14.4 Å². The summed E-state index contributed by atoms with van der Waals surface area (Å²) in [6.45, 7) is 1.16. The number of hydrogen-bond donors (Lipinski definition) is 2. The summed E-state index contributed by atoms with van der Waals surface area (Å²) in [6.07, 6.45) is 1.27. The van der Waals surface area contributed by atoms with E-state index in [1.807, 2.05) is 0 Å². The van der Waals surface area contributed by atoms with E-state index in [9.17, 15) is 5.11 Å². The molecule has 0 aliphatic carbocycles. The first-order chi connectivity index (χ1) is 10.1. The Labute approximate surface area is 132 Å². The van der Waals surface area contributed by atoms with Gasteiger partial charge < -0.3 is 19.7 Å². The van der Waals surface area contributed by atoms with Crippen LogP contribution in [0.25, 0.3) is 0 Å². The molecule has 1 aromatic heterocycles. The van der Waals surface area contributed by atoms with E-state index in [2.05, 4.69) is 20.0 Å². The molecule has 2 aromatic rings. The smallest absolute Gasteiger partial charge is 0.213 e. The third-order valence-corrected chi connectivity index (χ3v) is 3.17. The fourth-order valence-electron chi connectivity index (χ4n) is 1.61. The summed E-state index contributed by atoms with van der Waals surface area (Å²) in [5.74, 6) is 1.12. The molecule has 0 fully saturated rings. The van der Waals surface area contributed by atoms with Gasteiger partial charge in [0, 0.05) is 24.5 Å². The van der Waals surface area contributed by atoms with Crippen LogP contribution < -0.4 is 10.1 Å². The number of aromatic nitrogens is 2. The molecule has 1 atom stereocenters. The molecule has 2 rings (SSSR count). The van der Waals surface area contributed by atoms with E-state index in [0.29, 0.717) is 41.1 Å². The Morgan fingerprint density at radius 1 is 1.38 bits per heavy atom. The molecule has 0 radical (unpaired) electrons. The topological polar surface area (TPSA) is 80.4 Å². The largest absolute Gasteiger partial charge is 0.489 e. The molecule has 8 heteroatoms. The summed E-state index contributed by atoms with van der Waals surface area (Å²) >= 11 is 11.8. The molecule has 114 valence electrons. The van der Waals surface area contributed by atoms with Crippen LogP contribution in [0.4, 0.5) is 0 Å². The molecule has 0 aliphatic rings. The Morgan fingerprint density at radius 2 is 2.24 bits per heavy atom. The quantitative estimate of drug-likeness (QED) is 0.719. The second kappa shape index (κ2) is 8.19. The van der Waals surface area contributed by atoms with Gasteiger partial charge in [-0.2, -0.15) is 4.98 Å². The number of hydrogen-bond acceptors (Lipinski definition) is 6. The lowest BCUT2D eigenvalue weighted by atomic mass is 10.3. The highest BCUT2D eigenvalue weighted by molar-refractivity contribution is 6.35. The van der Waals surface area contributed by atoms with Crippen LogP contribution in [-0.4, -0.2) is 41.0 Å². The van der Waals surface area contributed by atoms with Gasteiger partial charge in [-0.05, 0) is 18.2 Å². The lowest BCUT2D eigenvalue weighted by Gasteiger charge is -2.13. The molecule has 0 aliphatic heterocycles. The highest BCUT2D eigenvalue weighted by Crippen LogP contribution is 2.27. The number of benzene rings is 1. The van der Waals surface area contributed by atoms with E-state index in [-0.39, 0.29) is 6.61 Å². The molecule has 0 bridgehead atoms. The summed E-state index contributed by atoms with van der Waals surface area (Å²) in [5.41, 5.74) is 0. The molecule has 1 heterocycles. The number of nitrogens with zero attached hydrogens (tertiary/aromatic N) is 2. The minimum Gasteiger partial charge on any atom is -0.489 e. The first-order valence-electron chi connectivity index (χ1n) is 6.37. The van der Waals surface area contributed by atoms with Gasteiger partial charge in [0.25, 0.3) is 0 Å². The van der Waals surface area contributed by atoms with E-state index in [1.54, 1.807) is 18.2 Å². The highest BCUT2D eigenvalue weighted by atomic mass is 35.5. The Kier molecular flexibility index (Phi) is 6.25. The second-order valence-electron chi connectivity index (χ2n) is 4.34. The van der Waals surface area contributed by atoms with Gasteiger partial charge >= 0.3 is 0 Å². The lowest BCUT2D eigenvalue weighted by Crippen LogP contribution is -2.32. The van der Waals surface area contributed by atoms with Crippen molar-refractivity contribution in [2.24, 2.45) is 0 Å². The first-order valence-corrected chi connectivity index (χ1v) is 7.12. The van der Waals surface area contributed by atoms with Crippen molar-refractivity contribution in [3.8, 4) is 5.75 Å². The number of aliphatic hydroxyl groups excluding tert-OH is 1. The molecular formula is C13H15Cl2N3O3. The Morgan fingerprint density at radius 3 is 2.95 bits per heavy atom. The molecule has 0 saturated heterocycles. The van der Waals surface area contributed by atoms with Crippen molar-refractivity contribution in [2.45, 2.75) is 12.5 Å². The zero-order valence-electron chi connectivity index (χ0n) is 11.1. The molecule has 1 aromatic carbocycles. The summed E-state index contributed by atoms with van der Waals surface area (Å²) in [6, 6.07) is 4.94. The predicted molar refractivity (Wildman–Crippen MR) is 78.8 cm³/mol. The van der Waals surface area contributed by atoms with Gasteiger partial charge in [0.15, 0.2) is 5.82 Å². The summed E-state index contributed by atoms with van der Waals surface area (Å²) < 4.78 is 10.1. The molecule has 0 spiro atoms. The van der Waals surface area contributed by atoms with E-state index in [4.69, 9.17) is 27.9 Å². The van der Waals surface area contributed by atoms with Crippen molar-refractivity contribution in [3.63, 3.8) is 0 Å². The normalized spacial score (nSPS) is 12.3. The van der Waals surface area contributed by atoms with Crippen LogP contribution in [0.1, 0.15) is 5.82 Å². The van der Waals surface area contributed by atoms with E-state index >= 15 is 0 Å². The SMILES string of the molecule is OC(CNCCc1ncon1)COc1ccc(Cl)cc1Cl. The van der Waals surface area contributed by atoms with E-state index < -0.39 is 6.10 Å². The molecule has 6 nitrogen and oxygen atoms in total. The van der Waals surface area contributed by atoms with Crippen LogP contribution in [0, 0.1) is 0 Å². The van der Waals surface area contributed by atoms with E-state index in [1.165, 1.54) is 6.39 Å². The van der Waals surface area contributed by atoms with Crippen LogP contribution in [0.2, 0.25) is 10.0 Å². The maximum atomic E-state index is 9.81. The van der Waals surface area contributed by atoms with Crippen LogP contribution in [0.15, 0.2) is 29.1 Å². The number of ether oxygens (including phenoxy) is 1. The number of aliphatic hydroxyl groups is 1. The van der Waals surface area contributed by atoms with Gasteiger partial charge in [-0.3, -0.25) is 0 Å². The Bertz CT molecular complexity index is 552. The average Bonchev–Trinajstić information content (AvgIpc) is 2.96. The third kappa shape index (κ3) is 5.51. The summed E-state index contributed by atoms with van der Waals surface area (Å²) in [7, 11) is 0. The molecular weight excluding hydrogens is 317 g/mol. The molecule has 21 heavy (non-hydrogen) atoms. The Hall–Kier alpha value is -1.34. The van der Waals surface area contributed by atoms with Crippen molar-refractivity contribution in [1.82, 2.24) is 15.5 Å². The third-order valence-electron chi connectivity index (χ3n) is 2.64. The van der Waals surface area contributed by atoms with Gasteiger partial charge in [0.2, 0.25) is 6.39 Å². The number of halogens is 2. The summed E-state index contributed by atoms with van der Waals surface area (Å²) in [4.78, 5) is 3.90. The standard InChI is InChI=1S/C13H15Cl2N3O3/c14-9-1-2-12(11(15)5-9)20-7-10(19)6-16-4-3-13-17-8-21-18-13/h1-2,5,8,10,16,19H,3-4,6-7H2. The molecule has 0 amide bonds. The fraction of sp³-hybridized carbons (Fsp3) is 0.385. The van der Waals surface area contributed by atoms with Gasteiger partial charge in [-0.15, -0.1) is 0 Å². The van der Waals surface area contributed by atoms with Crippen LogP contribution in [-0.2, 0) is 6.42 Å². The van der Waals surface area contributed by atoms with E-state index in [0.717, 1.165) is 0 Å². The van der Waals surface area contributed by atoms with Crippen LogP contribution in [0.3, 0.4) is 0 Å². The highest BCUT2D eigenvalue weighted by Gasteiger charge is 2.08. The maximum Gasteiger partial charge on any atom is 0.213 e. The predicted octanol–water partition coefficient (Wildman–Crippen LogP) is 1.95. The second-order valence-corrected chi connectivity index (χ2v) is 5.18. The first kappa shape index (κ1) is 16.0. The number of nitrogens with one attached hydrogen (secondary N) is 1. The van der Waals surface area contributed by atoms with Gasteiger partial charge in [0.1, 0.15) is 18.5 Å². The van der Waals surface area contributed by atoms with Gasteiger partial charge in [-0.1, -0.05) is 28.4 Å². The monoisotopic (exact) mass is 331 g/mol. The van der Waals surface area contributed by atoms with Crippen LogP contribution in [0.5, 0.6) is 5.75 Å².